The van der Waals surface area contributed by atoms with Crippen LogP contribution in [0.25, 0.3) is 6.08 Å². The lowest BCUT2D eigenvalue weighted by Crippen LogP contribution is -2.43. The second-order valence-electron chi connectivity index (χ2n) is 5.30. The Morgan fingerprint density at radius 1 is 1.40 bits per heavy atom. The third kappa shape index (κ3) is 4.13. The summed E-state index contributed by atoms with van der Waals surface area (Å²) in [5.74, 6) is -0.259. The number of carbonyl (C=O) groups is 2. The maximum atomic E-state index is 12.7. The fourth-order valence-electron chi connectivity index (χ4n) is 2.48. The molecule has 0 aromatic heterocycles. The number of thioether (sulfide) groups is 1. The molecule has 1 atom stereocenters. The number of aliphatic carboxylic acids is 1. The molecule has 0 aliphatic carbocycles. The highest BCUT2D eigenvalue weighted by Gasteiger charge is 2.40. The van der Waals surface area contributed by atoms with Crippen molar-refractivity contribution in [2.24, 2.45) is 0 Å². The van der Waals surface area contributed by atoms with Gasteiger partial charge in [-0.2, -0.15) is 0 Å². The van der Waals surface area contributed by atoms with Gasteiger partial charge in [-0.25, -0.2) is 4.79 Å². The number of amides is 1. The Kier molecular flexibility index (Phi) is 6.44. The van der Waals surface area contributed by atoms with Crippen LogP contribution < -0.4 is 9.47 Å². The third-order valence-electron chi connectivity index (χ3n) is 3.71. The molecule has 134 valence electrons. The van der Waals surface area contributed by atoms with E-state index in [1.165, 1.54) is 12.0 Å². The number of carboxylic acids is 1. The van der Waals surface area contributed by atoms with Crippen molar-refractivity contribution in [3.05, 3.63) is 28.7 Å². The van der Waals surface area contributed by atoms with Gasteiger partial charge in [-0.1, -0.05) is 37.3 Å². The molecule has 0 spiro atoms. The lowest BCUT2D eigenvalue weighted by atomic mass is 10.1. The number of hydrogen-bond acceptors (Lipinski definition) is 6. The second kappa shape index (κ2) is 8.35. The standard InChI is InChI=1S/C17H19NO5S2/c1-4-5-12(16(20)21)18-15(19)14(25-17(18)24)9-10-8-11(22-2)6-7-13(10)23-3/h6-9,12H,4-5H2,1-3H3,(H,20,21)/b14-9-. The van der Waals surface area contributed by atoms with E-state index in [0.29, 0.717) is 34.8 Å². The number of carboxylic acid groups (broad SMARTS) is 1. The molecule has 2 rings (SSSR count). The van der Waals surface area contributed by atoms with Crippen molar-refractivity contribution in [2.75, 3.05) is 14.2 Å². The fourth-order valence-corrected chi connectivity index (χ4v) is 3.83. The van der Waals surface area contributed by atoms with Crippen molar-refractivity contribution in [2.45, 2.75) is 25.8 Å². The monoisotopic (exact) mass is 381 g/mol. The summed E-state index contributed by atoms with van der Waals surface area (Å²) in [6, 6.07) is 4.29. The minimum atomic E-state index is -1.06. The molecule has 1 aliphatic rings. The molecule has 25 heavy (non-hydrogen) atoms. The minimum absolute atomic E-state index is 0.249. The summed E-state index contributed by atoms with van der Waals surface area (Å²) in [4.78, 5) is 25.8. The van der Waals surface area contributed by atoms with Crippen LogP contribution in [0.4, 0.5) is 0 Å². The summed E-state index contributed by atoms with van der Waals surface area (Å²) < 4.78 is 10.8. The zero-order valence-corrected chi connectivity index (χ0v) is 15.8. The molecular weight excluding hydrogens is 362 g/mol. The van der Waals surface area contributed by atoms with E-state index >= 15 is 0 Å². The number of benzene rings is 1. The van der Waals surface area contributed by atoms with Gasteiger partial charge >= 0.3 is 5.97 Å². The molecule has 1 amide bonds. The van der Waals surface area contributed by atoms with E-state index in [4.69, 9.17) is 21.7 Å². The average Bonchev–Trinajstić information content (AvgIpc) is 2.86. The zero-order valence-electron chi connectivity index (χ0n) is 14.1. The van der Waals surface area contributed by atoms with E-state index in [2.05, 4.69) is 0 Å². The largest absolute Gasteiger partial charge is 0.497 e. The van der Waals surface area contributed by atoms with Gasteiger partial charge in [-0.15, -0.1) is 0 Å². The predicted molar refractivity (Wildman–Crippen MR) is 101 cm³/mol. The minimum Gasteiger partial charge on any atom is -0.497 e. The molecule has 0 saturated carbocycles. The zero-order chi connectivity index (χ0) is 18.6. The quantitative estimate of drug-likeness (QED) is 0.574. The summed E-state index contributed by atoms with van der Waals surface area (Å²) in [5, 5.41) is 9.41. The molecule has 8 heteroatoms. The highest BCUT2D eigenvalue weighted by Crippen LogP contribution is 2.37. The number of hydrogen-bond donors (Lipinski definition) is 1. The van der Waals surface area contributed by atoms with Crippen LogP contribution in [-0.4, -0.2) is 46.5 Å². The molecule has 1 saturated heterocycles. The van der Waals surface area contributed by atoms with Crippen LogP contribution >= 0.6 is 24.0 Å². The van der Waals surface area contributed by atoms with Crippen LogP contribution in [-0.2, 0) is 9.59 Å². The maximum Gasteiger partial charge on any atom is 0.326 e. The lowest BCUT2D eigenvalue weighted by Gasteiger charge is -2.22. The number of thiocarbonyl (C=S) groups is 1. The fraction of sp³-hybridized carbons (Fsp3) is 0.353. The van der Waals surface area contributed by atoms with Crippen molar-refractivity contribution in [1.82, 2.24) is 4.90 Å². The van der Waals surface area contributed by atoms with E-state index in [-0.39, 0.29) is 4.32 Å². The molecule has 1 aliphatic heterocycles. The number of carbonyl (C=O) groups excluding carboxylic acids is 1. The first-order valence-corrected chi connectivity index (χ1v) is 8.87. The number of nitrogens with zero attached hydrogens (tertiary/aromatic N) is 1. The van der Waals surface area contributed by atoms with Crippen molar-refractivity contribution < 1.29 is 24.2 Å². The Bertz CT molecular complexity index is 732. The van der Waals surface area contributed by atoms with Gasteiger partial charge in [0.25, 0.3) is 5.91 Å². The summed E-state index contributed by atoms with van der Waals surface area (Å²) in [7, 11) is 3.08. The molecule has 6 nitrogen and oxygen atoms in total. The van der Waals surface area contributed by atoms with Gasteiger partial charge in [-0.05, 0) is 30.7 Å². The summed E-state index contributed by atoms with van der Waals surface area (Å²) in [6.07, 6.45) is 2.62. The van der Waals surface area contributed by atoms with Crippen LogP contribution in [0.2, 0.25) is 0 Å². The summed E-state index contributed by atoms with van der Waals surface area (Å²) >= 11 is 6.33. The summed E-state index contributed by atoms with van der Waals surface area (Å²) in [6.45, 7) is 1.87. The van der Waals surface area contributed by atoms with Gasteiger partial charge in [0.2, 0.25) is 0 Å². The Morgan fingerprint density at radius 2 is 2.12 bits per heavy atom. The van der Waals surface area contributed by atoms with Crippen LogP contribution in [0, 0.1) is 0 Å². The average molecular weight is 381 g/mol. The smallest absolute Gasteiger partial charge is 0.326 e. The number of rotatable bonds is 7. The first kappa shape index (κ1) is 19.3. The van der Waals surface area contributed by atoms with Crippen LogP contribution in [0.15, 0.2) is 23.1 Å². The van der Waals surface area contributed by atoms with Crippen LogP contribution in [0.1, 0.15) is 25.3 Å². The molecular formula is C17H19NO5S2. The van der Waals surface area contributed by atoms with Crippen LogP contribution in [0.5, 0.6) is 11.5 Å². The van der Waals surface area contributed by atoms with Crippen molar-refractivity contribution in [3.8, 4) is 11.5 Å². The van der Waals surface area contributed by atoms with E-state index < -0.39 is 17.9 Å². The van der Waals surface area contributed by atoms with Gasteiger partial charge in [0.05, 0.1) is 19.1 Å². The van der Waals surface area contributed by atoms with Gasteiger partial charge in [0, 0.05) is 5.56 Å². The van der Waals surface area contributed by atoms with E-state index in [1.807, 2.05) is 6.92 Å². The Morgan fingerprint density at radius 3 is 2.68 bits per heavy atom. The SMILES string of the molecule is CCCC(C(=O)O)N1C(=O)/C(=C/c2cc(OC)ccc2OC)SC1=S. The maximum absolute atomic E-state index is 12.7. The Hall–Kier alpha value is -2.06. The van der Waals surface area contributed by atoms with Crippen molar-refractivity contribution >= 4 is 46.3 Å². The van der Waals surface area contributed by atoms with Gasteiger partial charge in [0.15, 0.2) is 0 Å². The molecule has 1 unspecified atom stereocenters. The van der Waals surface area contributed by atoms with Crippen molar-refractivity contribution in [1.29, 1.82) is 0 Å². The predicted octanol–water partition coefficient (Wildman–Crippen LogP) is 3.16. The van der Waals surface area contributed by atoms with Gasteiger partial charge in [-0.3, -0.25) is 9.69 Å². The normalized spacial score (nSPS) is 17.1. The Balaban J connectivity index is 2.39. The molecule has 1 heterocycles. The van der Waals surface area contributed by atoms with Crippen molar-refractivity contribution in [3.63, 3.8) is 0 Å². The third-order valence-corrected chi connectivity index (χ3v) is 5.04. The first-order valence-electron chi connectivity index (χ1n) is 7.64. The van der Waals surface area contributed by atoms with Gasteiger partial charge < -0.3 is 14.6 Å². The molecule has 1 aromatic carbocycles. The highest BCUT2D eigenvalue weighted by atomic mass is 32.2. The summed E-state index contributed by atoms with van der Waals surface area (Å²) in [5.41, 5.74) is 0.657. The molecule has 1 N–H and O–H groups in total. The number of methoxy groups -OCH3 is 2. The van der Waals surface area contributed by atoms with Gasteiger partial charge in [0.1, 0.15) is 21.9 Å². The topological polar surface area (TPSA) is 76.1 Å². The first-order chi connectivity index (χ1) is 11.9. The molecule has 0 bridgehead atoms. The number of ether oxygens (including phenoxy) is 2. The van der Waals surface area contributed by atoms with E-state index in [9.17, 15) is 14.7 Å². The molecule has 0 radical (unpaired) electrons. The molecule has 1 fully saturated rings. The highest BCUT2D eigenvalue weighted by molar-refractivity contribution is 8.26. The van der Waals surface area contributed by atoms with E-state index in [0.717, 1.165) is 11.8 Å². The molecule has 1 aromatic rings. The Labute approximate surface area is 155 Å². The second-order valence-corrected chi connectivity index (χ2v) is 6.98. The van der Waals surface area contributed by atoms with E-state index in [1.54, 1.807) is 31.4 Å². The van der Waals surface area contributed by atoms with Crippen LogP contribution in [0.3, 0.4) is 0 Å². The lowest BCUT2D eigenvalue weighted by molar-refractivity contribution is -0.145.